The first-order chi connectivity index (χ1) is 11.6. The van der Waals surface area contributed by atoms with Crippen LogP contribution < -0.4 is 5.32 Å². The summed E-state index contributed by atoms with van der Waals surface area (Å²) in [5, 5.41) is 7.77. The van der Waals surface area contributed by atoms with Gasteiger partial charge in [-0.3, -0.25) is 4.79 Å². The van der Waals surface area contributed by atoms with Crippen molar-refractivity contribution in [2.45, 2.75) is 5.16 Å². The van der Waals surface area contributed by atoms with Crippen molar-refractivity contribution in [3.05, 3.63) is 63.8 Å². The van der Waals surface area contributed by atoms with Gasteiger partial charge in [0.15, 0.2) is 0 Å². The highest BCUT2D eigenvalue weighted by molar-refractivity contribution is 9.11. The summed E-state index contributed by atoms with van der Waals surface area (Å²) in [6, 6.07) is 15.3. The third-order valence-electron chi connectivity index (χ3n) is 2.97. The van der Waals surface area contributed by atoms with Crippen LogP contribution in [-0.2, 0) is 4.79 Å². The van der Waals surface area contributed by atoms with E-state index in [1.807, 2.05) is 48.5 Å². The summed E-state index contributed by atoms with van der Waals surface area (Å²) in [6.07, 6.45) is 1.64. The number of para-hydroxylation sites is 1. The van der Waals surface area contributed by atoms with E-state index in [-0.39, 0.29) is 11.7 Å². The molecule has 0 radical (unpaired) electrons. The normalized spacial score (nSPS) is 10.6. The second-order valence-corrected chi connectivity index (χ2v) is 7.58. The summed E-state index contributed by atoms with van der Waals surface area (Å²) in [4.78, 5) is 16.3. The Kier molecular flexibility index (Phi) is 5.70. The number of thioether (sulfide) groups is 1. The van der Waals surface area contributed by atoms with Gasteiger partial charge in [-0.15, -0.1) is 5.10 Å². The molecule has 0 saturated heterocycles. The summed E-state index contributed by atoms with van der Waals surface area (Å²) in [7, 11) is 0. The Morgan fingerprint density at radius 3 is 2.54 bits per heavy atom. The molecule has 5 nitrogen and oxygen atoms in total. The lowest BCUT2D eigenvalue weighted by atomic mass is 10.3. The number of halogens is 2. The average molecular weight is 468 g/mol. The number of hydrogen-bond acceptors (Lipinski definition) is 4. The van der Waals surface area contributed by atoms with E-state index in [9.17, 15) is 4.79 Å². The predicted molar refractivity (Wildman–Crippen MR) is 103 cm³/mol. The molecule has 24 heavy (non-hydrogen) atoms. The molecule has 0 aliphatic heterocycles. The topological polar surface area (TPSA) is 59.8 Å². The van der Waals surface area contributed by atoms with E-state index in [1.54, 1.807) is 11.0 Å². The lowest BCUT2D eigenvalue weighted by molar-refractivity contribution is -0.113. The first-order valence-corrected chi connectivity index (χ1v) is 9.53. The predicted octanol–water partition coefficient (Wildman–Crippen LogP) is 4.52. The maximum atomic E-state index is 12.1. The molecule has 0 aliphatic rings. The van der Waals surface area contributed by atoms with E-state index in [4.69, 9.17) is 0 Å². The summed E-state index contributed by atoms with van der Waals surface area (Å²) >= 11 is 8.08. The number of aromatic nitrogens is 3. The number of nitrogens with zero attached hydrogens (tertiary/aromatic N) is 3. The molecule has 3 rings (SSSR count). The van der Waals surface area contributed by atoms with Gasteiger partial charge in [0.25, 0.3) is 0 Å². The first kappa shape index (κ1) is 17.2. The number of anilines is 1. The Labute approximate surface area is 160 Å². The molecular weight excluding hydrogens is 456 g/mol. The average Bonchev–Trinajstić information content (AvgIpc) is 3.02. The minimum Gasteiger partial charge on any atom is -0.325 e. The fourth-order valence-electron chi connectivity index (χ4n) is 1.97. The molecule has 0 saturated carbocycles. The van der Waals surface area contributed by atoms with Crippen LogP contribution in [0.5, 0.6) is 0 Å². The fraction of sp³-hybridized carbons (Fsp3) is 0.0625. The summed E-state index contributed by atoms with van der Waals surface area (Å²) < 4.78 is 3.47. The lowest BCUT2D eigenvalue weighted by Gasteiger charge is -2.05. The highest BCUT2D eigenvalue weighted by Gasteiger charge is 2.08. The minimum absolute atomic E-state index is 0.110. The number of nitrogens with one attached hydrogen (secondary N) is 1. The fourth-order valence-corrected chi connectivity index (χ4v) is 3.87. The van der Waals surface area contributed by atoms with Gasteiger partial charge in [-0.25, -0.2) is 9.67 Å². The van der Waals surface area contributed by atoms with E-state index >= 15 is 0 Å². The van der Waals surface area contributed by atoms with E-state index in [0.29, 0.717) is 5.16 Å². The van der Waals surface area contributed by atoms with Crippen LogP contribution in [0.1, 0.15) is 0 Å². The number of carbonyl (C=O) groups excluding carboxylic acids is 1. The maximum Gasteiger partial charge on any atom is 0.234 e. The second kappa shape index (κ2) is 7.96. The molecule has 3 aromatic rings. The molecule has 122 valence electrons. The van der Waals surface area contributed by atoms with Crippen molar-refractivity contribution in [3.8, 4) is 5.69 Å². The van der Waals surface area contributed by atoms with Gasteiger partial charge in [0, 0.05) is 14.6 Å². The number of carbonyl (C=O) groups is 1. The molecule has 1 aromatic heterocycles. The number of hydrogen-bond donors (Lipinski definition) is 1. The van der Waals surface area contributed by atoms with Crippen LogP contribution in [0, 0.1) is 0 Å². The molecule has 1 N–H and O–H groups in total. The van der Waals surface area contributed by atoms with Crippen LogP contribution in [0.3, 0.4) is 0 Å². The summed E-state index contributed by atoms with van der Waals surface area (Å²) in [5.74, 6) is 0.129. The Hall–Kier alpha value is -1.64. The van der Waals surface area contributed by atoms with Crippen LogP contribution in [0.2, 0.25) is 0 Å². The van der Waals surface area contributed by atoms with Crippen LogP contribution in [0.4, 0.5) is 5.69 Å². The Balaban J connectivity index is 1.58. The monoisotopic (exact) mass is 466 g/mol. The standard InChI is InChI=1S/C16H12Br2N4OS/c17-11-6-12(18)8-13(7-11)20-15(23)9-24-16-19-10-22(21-16)14-4-2-1-3-5-14/h1-8,10H,9H2,(H,20,23). The van der Waals surface area contributed by atoms with Crippen LogP contribution >= 0.6 is 43.6 Å². The van der Waals surface area contributed by atoms with Gasteiger partial charge in [-0.05, 0) is 30.3 Å². The highest BCUT2D eigenvalue weighted by atomic mass is 79.9. The van der Waals surface area contributed by atoms with Gasteiger partial charge < -0.3 is 5.32 Å². The van der Waals surface area contributed by atoms with Gasteiger partial charge in [0.1, 0.15) is 6.33 Å². The zero-order valence-electron chi connectivity index (χ0n) is 12.3. The van der Waals surface area contributed by atoms with Gasteiger partial charge in [-0.2, -0.15) is 0 Å². The Morgan fingerprint density at radius 2 is 1.83 bits per heavy atom. The Morgan fingerprint density at radius 1 is 1.12 bits per heavy atom. The van der Waals surface area contributed by atoms with Crippen molar-refractivity contribution in [1.82, 2.24) is 14.8 Å². The van der Waals surface area contributed by atoms with Crippen molar-refractivity contribution in [2.24, 2.45) is 0 Å². The van der Waals surface area contributed by atoms with Gasteiger partial charge >= 0.3 is 0 Å². The summed E-state index contributed by atoms with van der Waals surface area (Å²) in [5.41, 5.74) is 1.66. The molecule has 0 atom stereocenters. The maximum absolute atomic E-state index is 12.1. The molecule has 2 aromatic carbocycles. The van der Waals surface area contributed by atoms with Crippen molar-refractivity contribution < 1.29 is 4.79 Å². The molecule has 0 fully saturated rings. The van der Waals surface area contributed by atoms with E-state index in [2.05, 4.69) is 47.3 Å². The molecule has 0 unspecified atom stereocenters. The smallest absolute Gasteiger partial charge is 0.234 e. The summed E-state index contributed by atoms with van der Waals surface area (Å²) in [6.45, 7) is 0. The Bertz CT molecular complexity index is 834. The SMILES string of the molecule is O=C(CSc1ncn(-c2ccccc2)n1)Nc1cc(Br)cc(Br)c1. The molecule has 0 spiro atoms. The highest BCUT2D eigenvalue weighted by Crippen LogP contribution is 2.23. The van der Waals surface area contributed by atoms with Crippen molar-refractivity contribution in [1.29, 1.82) is 0 Å². The molecule has 0 aliphatic carbocycles. The number of benzene rings is 2. The molecule has 8 heteroatoms. The van der Waals surface area contributed by atoms with E-state index < -0.39 is 0 Å². The number of rotatable bonds is 5. The molecule has 0 bridgehead atoms. The van der Waals surface area contributed by atoms with Gasteiger partial charge in [0.2, 0.25) is 11.1 Å². The van der Waals surface area contributed by atoms with Gasteiger partial charge in [0.05, 0.1) is 11.4 Å². The quantitative estimate of drug-likeness (QED) is 0.560. The van der Waals surface area contributed by atoms with Crippen molar-refractivity contribution in [3.63, 3.8) is 0 Å². The largest absolute Gasteiger partial charge is 0.325 e. The first-order valence-electron chi connectivity index (χ1n) is 6.96. The van der Waals surface area contributed by atoms with Crippen LogP contribution in [-0.4, -0.2) is 26.4 Å². The third-order valence-corrected chi connectivity index (χ3v) is 4.74. The zero-order chi connectivity index (χ0) is 16.9. The molecule has 1 heterocycles. The van der Waals surface area contributed by atoms with Gasteiger partial charge in [-0.1, -0.05) is 61.8 Å². The molecule has 1 amide bonds. The van der Waals surface area contributed by atoms with E-state index in [1.165, 1.54) is 11.8 Å². The lowest BCUT2D eigenvalue weighted by Crippen LogP contribution is -2.14. The minimum atomic E-state index is -0.110. The number of amides is 1. The van der Waals surface area contributed by atoms with E-state index in [0.717, 1.165) is 20.3 Å². The second-order valence-electron chi connectivity index (χ2n) is 4.80. The zero-order valence-corrected chi connectivity index (χ0v) is 16.3. The van der Waals surface area contributed by atoms with Crippen LogP contribution in [0.15, 0.2) is 69.0 Å². The molecular formula is C16H12Br2N4OS. The third kappa shape index (κ3) is 4.68. The van der Waals surface area contributed by atoms with Crippen molar-refractivity contribution >= 4 is 55.2 Å². The van der Waals surface area contributed by atoms with Crippen molar-refractivity contribution in [2.75, 3.05) is 11.1 Å². The van der Waals surface area contributed by atoms with Crippen LogP contribution in [0.25, 0.3) is 5.69 Å².